The van der Waals surface area contributed by atoms with Crippen molar-refractivity contribution < 1.29 is 23.5 Å². The molecule has 0 radical (unpaired) electrons. The van der Waals surface area contributed by atoms with Crippen LogP contribution in [-0.4, -0.2) is 72.8 Å². The van der Waals surface area contributed by atoms with E-state index >= 15 is 0 Å². The molecule has 0 spiro atoms. The molecule has 230 valence electrons. The largest absolute Gasteiger partial charge is 0.493 e. The maximum absolute atomic E-state index is 14.0. The van der Waals surface area contributed by atoms with Gasteiger partial charge < -0.3 is 19.9 Å². The third-order valence-corrected chi connectivity index (χ3v) is 8.50. The molecule has 2 heterocycles. The Hall–Kier alpha value is -4.30. The second-order valence-corrected chi connectivity index (χ2v) is 11.7. The average molecular weight is 598 g/mol. The Morgan fingerprint density at radius 3 is 2.39 bits per heavy atom. The van der Waals surface area contributed by atoms with E-state index in [0.29, 0.717) is 44.6 Å². The second kappa shape index (κ2) is 14.0. The number of carbonyl (C=O) groups excluding carboxylic acids is 3. The highest BCUT2D eigenvalue weighted by atomic mass is 19.1. The lowest BCUT2D eigenvalue weighted by atomic mass is 9.82. The highest BCUT2D eigenvalue weighted by molar-refractivity contribution is 6.03. The molecule has 1 unspecified atom stereocenters. The van der Waals surface area contributed by atoms with Crippen LogP contribution < -0.4 is 10.1 Å². The fraction of sp³-hybridized carbons (Fsp3) is 0.361. The van der Waals surface area contributed by atoms with Gasteiger partial charge in [0.25, 0.3) is 5.91 Å². The maximum atomic E-state index is 14.0. The van der Waals surface area contributed by atoms with E-state index in [0.717, 1.165) is 35.1 Å². The summed E-state index contributed by atoms with van der Waals surface area (Å²) in [4.78, 5) is 41.8. The Morgan fingerprint density at radius 2 is 1.68 bits per heavy atom. The van der Waals surface area contributed by atoms with E-state index in [-0.39, 0.29) is 35.4 Å². The molecule has 2 aliphatic rings. The highest BCUT2D eigenvalue weighted by Gasteiger charge is 2.39. The first kappa shape index (κ1) is 31.1. The Bertz CT molecular complexity index is 1540. The van der Waals surface area contributed by atoms with Gasteiger partial charge in [-0.2, -0.15) is 0 Å². The number of fused-ring (bicyclic) bond motifs is 2. The molecule has 1 N–H and O–H groups in total. The van der Waals surface area contributed by atoms with Crippen molar-refractivity contribution in [3.05, 3.63) is 106 Å². The van der Waals surface area contributed by atoms with Crippen LogP contribution in [0.15, 0.2) is 78.4 Å². The number of likely N-dealkylation sites (N-methyl/N-ethyl adjacent to an activating group) is 1. The molecule has 2 aliphatic heterocycles. The number of nitrogens with zero attached hydrogens (tertiary/aromatic N) is 2. The fourth-order valence-electron chi connectivity index (χ4n) is 6.11. The minimum atomic E-state index is -0.439. The highest BCUT2D eigenvalue weighted by Crippen LogP contribution is 2.34. The summed E-state index contributed by atoms with van der Waals surface area (Å²) in [7, 11) is 1.85. The monoisotopic (exact) mass is 597 g/mol. The van der Waals surface area contributed by atoms with Crippen molar-refractivity contribution in [1.29, 1.82) is 0 Å². The first-order chi connectivity index (χ1) is 21.2. The Morgan fingerprint density at radius 1 is 0.955 bits per heavy atom. The number of halogens is 1. The summed E-state index contributed by atoms with van der Waals surface area (Å²) in [6.07, 6.45) is 2.87. The molecule has 7 nitrogen and oxygen atoms in total. The molecular formula is C36H40FN3O4. The van der Waals surface area contributed by atoms with Gasteiger partial charge in [0.05, 0.1) is 18.2 Å². The van der Waals surface area contributed by atoms with Gasteiger partial charge in [0, 0.05) is 51.3 Å². The first-order valence-electron chi connectivity index (χ1n) is 15.3. The van der Waals surface area contributed by atoms with Crippen LogP contribution in [0.1, 0.15) is 53.7 Å². The van der Waals surface area contributed by atoms with Crippen molar-refractivity contribution >= 4 is 23.2 Å². The van der Waals surface area contributed by atoms with Crippen LogP contribution in [0.4, 0.5) is 4.39 Å². The Balaban J connectivity index is 1.30. The van der Waals surface area contributed by atoms with Crippen LogP contribution in [0, 0.1) is 5.82 Å². The molecule has 2 amide bonds. The van der Waals surface area contributed by atoms with E-state index in [1.54, 1.807) is 11.8 Å². The normalized spacial score (nSPS) is 17.8. The molecule has 0 aromatic heterocycles. The number of Topliss-reactive ketones (excluding diaryl/α,β-unsaturated/α-hetero) is 1. The summed E-state index contributed by atoms with van der Waals surface area (Å²) in [6, 6.07) is 22.3. The molecule has 8 heteroatoms. The zero-order valence-corrected chi connectivity index (χ0v) is 25.6. The van der Waals surface area contributed by atoms with Crippen molar-refractivity contribution in [2.24, 2.45) is 0 Å². The van der Waals surface area contributed by atoms with Crippen LogP contribution in [0.5, 0.6) is 5.75 Å². The summed E-state index contributed by atoms with van der Waals surface area (Å²) < 4.78 is 19.4. The molecule has 44 heavy (non-hydrogen) atoms. The first-order valence-corrected chi connectivity index (χ1v) is 15.3. The van der Waals surface area contributed by atoms with E-state index in [4.69, 9.17) is 4.74 Å². The molecule has 3 aromatic rings. The number of amides is 2. The number of aryl methyl sites for hydroxylation is 1. The summed E-state index contributed by atoms with van der Waals surface area (Å²) in [5.41, 5.74) is 5.46. The number of benzene rings is 3. The maximum Gasteiger partial charge on any atom is 0.251 e. The van der Waals surface area contributed by atoms with Crippen LogP contribution in [0.3, 0.4) is 0 Å². The van der Waals surface area contributed by atoms with Gasteiger partial charge in [0.15, 0.2) is 5.78 Å². The van der Waals surface area contributed by atoms with Gasteiger partial charge in [-0.1, -0.05) is 54.6 Å². The molecule has 0 aliphatic carbocycles. The summed E-state index contributed by atoms with van der Waals surface area (Å²) >= 11 is 0. The van der Waals surface area contributed by atoms with Crippen LogP contribution >= 0.6 is 0 Å². The van der Waals surface area contributed by atoms with E-state index in [1.165, 1.54) is 30.7 Å². The lowest BCUT2D eigenvalue weighted by Crippen LogP contribution is -2.61. The molecule has 1 saturated heterocycles. The zero-order chi connectivity index (χ0) is 31.2. The molecule has 1 fully saturated rings. The topological polar surface area (TPSA) is 79.0 Å². The van der Waals surface area contributed by atoms with Crippen LogP contribution in [-0.2, 0) is 22.4 Å². The van der Waals surface area contributed by atoms with Gasteiger partial charge in [-0.3, -0.25) is 14.4 Å². The number of nitrogens with one attached hydrogen (secondary N) is 1. The van der Waals surface area contributed by atoms with Crippen molar-refractivity contribution in [3.8, 4) is 5.75 Å². The van der Waals surface area contributed by atoms with E-state index < -0.39 is 5.82 Å². The van der Waals surface area contributed by atoms with Crippen molar-refractivity contribution in [3.63, 3.8) is 0 Å². The number of carbonyl (C=O) groups is 3. The van der Waals surface area contributed by atoms with Gasteiger partial charge in [-0.05, 0) is 67.0 Å². The van der Waals surface area contributed by atoms with Gasteiger partial charge >= 0.3 is 0 Å². The number of hydrogen-bond donors (Lipinski definition) is 1. The van der Waals surface area contributed by atoms with Gasteiger partial charge in [0.2, 0.25) is 5.91 Å². The lowest BCUT2D eigenvalue weighted by Gasteiger charge is -2.44. The van der Waals surface area contributed by atoms with Gasteiger partial charge in [0.1, 0.15) is 11.6 Å². The van der Waals surface area contributed by atoms with E-state index in [1.807, 2.05) is 30.1 Å². The minimum absolute atomic E-state index is 0.0132. The second-order valence-electron chi connectivity index (χ2n) is 11.7. The Labute approximate surface area is 258 Å². The molecule has 0 saturated carbocycles. The smallest absolute Gasteiger partial charge is 0.251 e. The van der Waals surface area contributed by atoms with Gasteiger partial charge in [-0.25, -0.2) is 4.39 Å². The van der Waals surface area contributed by atoms with Crippen molar-refractivity contribution in [2.45, 2.75) is 51.6 Å². The fourth-order valence-corrected chi connectivity index (χ4v) is 6.11. The number of ketones is 1. The minimum Gasteiger partial charge on any atom is -0.493 e. The zero-order valence-electron chi connectivity index (χ0n) is 25.6. The number of hydrogen-bond acceptors (Lipinski definition) is 5. The standard InChI is InChI=1S/C36H40FN3O4/c1-24(41)31-16-15-29(37)20-34(31)44-19-7-10-27-11-13-28(14-12-27)32-21-30-22-40(25(2)42)23-33(38-30)35(32)36(43)39(3)18-17-26-8-5-4-6-9-26/h4-6,8-9,11-16,20,30,33,38H,7,10,17-19,21-23H2,1-3H3/t30?,33-/m1/s1. The van der Waals surface area contributed by atoms with Crippen molar-refractivity contribution in [2.75, 3.05) is 33.3 Å². The lowest BCUT2D eigenvalue weighted by molar-refractivity contribution is -0.132. The number of piperazine rings is 1. The summed E-state index contributed by atoms with van der Waals surface area (Å²) in [6.45, 7) is 5.06. The van der Waals surface area contributed by atoms with E-state index in [9.17, 15) is 18.8 Å². The third-order valence-electron chi connectivity index (χ3n) is 8.50. The Kier molecular flexibility index (Phi) is 9.90. The predicted octanol–water partition coefficient (Wildman–Crippen LogP) is 5.09. The average Bonchev–Trinajstić information content (AvgIpc) is 3.02. The van der Waals surface area contributed by atoms with Gasteiger partial charge in [-0.15, -0.1) is 0 Å². The molecule has 3 aromatic carbocycles. The quantitative estimate of drug-likeness (QED) is 0.246. The molecular weight excluding hydrogens is 557 g/mol. The summed E-state index contributed by atoms with van der Waals surface area (Å²) in [5, 5.41) is 3.61. The third kappa shape index (κ3) is 7.42. The molecule has 2 atom stereocenters. The number of rotatable bonds is 11. The molecule has 5 rings (SSSR count). The molecule has 2 bridgehead atoms. The number of ether oxygens (including phenoxy) is 1. The van der Waals surface area contributed by atoms with E-state index in [2.05, 4.69) is 41.7 Å². The van der Waals surface area contributed by atoms with Crippen LogP contribution in [0.25, 0.3) is 5.57 Å². The summed E-state index contributed by atoms with van der Waals surface area (Å²) in [5.74, 6) is -0.323. The van der Waals surface area contributed by atoms with Crippen LogP contribution in [0.2, 0.25) is 0 Å². The SMILES string of the molecule is CC(=O)c1ccc(F)cc1OCCCc1ccc(C2=C(C(=O)N(C)CCc3ccccc3)[C@H]3CN(C(C)=O)CC(C2)N3)cc1. The predicted molar refractivity (Wildman–Crippen MR) is 169 cm³/mol. The van der Waals surface area contributed by atoms with Crippen molar-refractivity contribution in [1.82, 2.24) is 15.1 Å².